The van der Waals surface area contributed by atoms with Gasteiger partial charge in [-0.15, -0.1) is 0 Å². The van der Waals surface area contributed by atoms with Crippen molar-refractivity contribution in [3.8, 4) is 6.07 Å². The number of aliphatic hydroxyl groups is 1. The summed E-state index contributed by atoms with van der Waals surface area (Å²) < 4.78 is 0. The van der Waals surface area contributed by atoms with Crippen LogP contribution >= 0.6 is 0 Å². The second-order valence-corrected chi connectivity index (χ2v) is 5.32. The van der Waals surface area contributed by atoms with Gasteiger partial charge in [-0.05, 0) is 49.9 Å². The van der Waals surface area contributed by atoms with E-state index in [0.717, 1.165) is 24.7 Å². The fourth-order valence-electron chi connectivity index (χ4n) is 4.17. The van der Waals surface area contributed by atoms with Crippen LogP contribution in [0.3, 0.4) is 0 Å². The van der Waals surface area contributed by atoms with Gasteiger partial charge in [-0.25, -0.2) is 0 Å². The lowest BCUT2D eigenvalue weighted by Crippen LogP contribution is -2.55. The lowest BCUT2D eigenvalue weighted by molar-refractivity contribution is -0.127. The van der Waals surface area contributed by atoms with Gasteiger partial charge in [0.2, 0.25) is 0 Å². The molecule has 0 radical (unpaired) electrons. The van der Waals surface area contributed by atoms with Gasteiger partial charge in [0, 0.05) is 0 Å². The maximum atomic E-state index is 10.1. The zero-order valence-corrected chi connectivity index (χ0v) is 7.74. The van der Waals surface area contributed by atoms with Gasteiger partial charge >= 0.3 is 0 Å². The minimum absolute atomic E-state index is 0.315. The molecule has 4 fully saturated rings. The Labute approximate surface area is 78.6 Å². The number of hydrogen-bond acceptors (Lipinski definition) is 2. The predicted molar refractivity (Wildman–Crippen MR) is 47.6 cm³/mol. The van der Waals surface area contributed by atoms with Crippen LogP contribution in [0.4, 0.5) is 0 Å². The molecule has 0 aliphatic heterocycles. The molecule has 3 atom stereocenters. The summed E-state index contributed by atoms with van der Waals surface area (Å²) in [5.41, 5.74) is -0.339. The Morgan fingerprint density at radius 1 is 1.15 bits per heavy atom. The number of nitrogens with zero attached hydrogens (tertiary/aromatic N) is 1. The van der Waals surface area contributed by atoms with E-state index in [2.05, 4.69) is 6.07 Å². The first-order valence-electron chi connectivity index (χ1n) is 5.33. The highest BCUT2D eigenvalue weighted by Crippen LogP contribution is 2.59. The van der Waals surface area contributed by atoms with Gasteiger partial charge in [-0.2, -0.15) is 5.26 Å². The van der Waals surface area contributed by atoms with E-state index in [1.165, 1.54) is 19.3 Å². The second-order valence-electron chi connectivity index (χ2n) is 5.32. The molecule has 0 aromatic rings. The van der Waals surface area contributed by atoms with Crippen molar-refractivity contribution in [1.82, 2.24) is 0 Å². The molecule has 2 heteroatoms. The summed E-state index contributed by atoms with van der Waals surface area (Å²) in [6, 6.07) is 2.41. The Kier molecular flexibility index (Phi) is 1.37. The fraction of sp³-hybridized carbons (Fsp3) is 0.909. The molecule has 0 amide bonds. The summed E-state index contributed by atoms with van der Waals surface area (Å²) in [5, 5.41) is 19.2. The van der Waals surface area contributed by atoms with Gasteiger partial charge in [-0.3, -0.25) is 0 Å². The maximum absolute atomic E-state index is 10.1. The molecule has 4 rings (SSSR count). The molecule has 70 valence electrons. The molecule has 2 nitrogen and oxygen atoms in total. The van der Waals surface area contributed by atoms with E-state index in [0.29, 0.717) is 5.92 Å². The molecule has 4 aliphatic rings. The lowest BCUT2D eigenvalue weighted by atomic mass is 9.49. The first-order valence-corrected chi connectivity index (χ1v) is 5.33. The van der Waals surface area contributed by atoms with Crippen molar-refractivity contribution in [3.05, 3.63) is 0 Å². The van der Waals surface area contributed by atoms with E-state index in [1.54, 1.807) is 0 Å². The first-order chi connectivity index (χ1) is 6.23. The predicted octanol–water partition coefficient (Wildman–Crippen LogP) is 1.70. The molecule has 0 aromatic heterocycles. The minimum Gasteiger partial charge on any atom is -0.391 e. The van der Waals surface area contributed by atoms with E-state index >= 15 is 0 Å². The molecule has 1 N–H and O–H groups in total. The van der Waals surface area contributed by atoms with Crippen molar-refractivity contribution >= 4 is 0 Å². The molecule has 0 heterocycles. The van der Waals surface area contributed by atoms with Crippen LogP contribution < -0.4 is 0 Å². The topological polar surface area (TPSA) is 44.0 Å². The van der Waals surface area contributed by atoms with Gasteiger partial charge in [0.05, 0.1) is 17.6 Å². The Bertz CT molecular complexity index is 266. The van der Waals surface area contributed by atoms with E-state index in [4.69, 9.17) is 0 Å². The van der Waals surface area contributed by atoms with Gasteiger partial charge < -0.3 is 5.11 Å². The molecule has 4 bridgehead atoms. The summed E-state index contributed by atoms with van der Waals surface area (Å²) in [6.07, 6.45) is 5.31. The first kappa shape index (κ1) is 7.82. The number of nitriles is 1. The highest BCUT2D eigenvalue weighted by molar-refractivity contribution is 5.15. The number of rotatable bonds is 0. The summed E-state index contributed by atoms with van der Waals surface area (Å²) in [5.74, 6) is 1.95. The standard InChI is InChI=1S/C11H15NO/c12-6-11-4-7-1-8(5-11)3-9(2-7)10(11)13/h7-10,13H,1-5H2. The average molecular weight is 177 g/mol. The zero-order chi connectivity index (χ0) is 9.05. The number of hydrogen-bond donors (Lipinski definition) is 1. The summed E-state index contributed by atoms with van der Waals surface area (Å²) in [6.45, 7) is 0. The molecular weight excluding hydrogens is 162 g/mol. The summed E-state index contributed by atoms with van der Waals surface area (Å²) in [7, 11) is 0. The third-order valence-electron chi connectivity index (χ3n) is 4.48. The molecular formula is C11H15NO. The molecule has 0 spiro atoms. The molecule has 4 saturated carbocycles. The third kappa shape index (κ3) is 0.862. The van der Waals surface area contributed by atoms with Crippen LogP contribution in [0.1, 0.15) is 32.1 Å². The van der Waals surface area contributed by atoms with Gasteiger partial charge in [-0.1, -0.05) is 0 Å². The second kappa shape index (κ2) is 2.27. The van der Waals surface area contributed by atoms with Crippen LogP contribution in [0, 0.1) is 34.5 Å². The molecule has 0 aromatic carbocycles. The van der Waals surface area contributed by atoms with E-state index in [9.17, 15) is 10.4 Å². The van der Waals surface area contributed by atoms with Crippen LogP contribution in [0.15, 0.2) is 0 Å². The Balaban J connectivity index is 2.01. The Hall–Kier alpha value is -0.550. The number of aliphatic hydroxyl groups excluding tert-OH is 1. The lowest BCUT2D eigenvalue weighted by Gasteiger charge is -2.56. The van der Waals surface area contributed by atoms with Gasteiger partial charge in [0.1, 0.15) is 0 Å². The third-order valence-corrected chi connectivity index (χ3v) is 4.48. The smallest absolute Gasteiger partial charge is 0.0840 e. The molecule has 4 aliphatic carbocycles. The van der Waals surface area contributed by atoms with Crippen molar-refractivity contribution in [2.75, 3.05) is 0 Å². The van der Waals surface area contributed by atoms with Crippen LogP contribution in [-0.2, 0) is 0 Å². The van der Waals surface area contributed by atoms with Crippen molar-refractivity contribution in [3.63, 3.8) is 0 Å². The Morgan fingerprint density at radius 3 is 2.31 bits per heavy atom. The van der Waals surface area contributed by atoms with Crippen molar-refractivity contribution in [2.45, 2.75) is 38.2 Å². The zero-order valence-electron chi connectivity index (χ0n) is 7.74. The maximum Gasteiger partial charge on any atom is 0.0840 e. The van der Waals surface area contributed by atoms with Crippen LogP contribution in [0.2, 0.25) is 0 Å². The van der Waals surface area contributed by atoms with E-state index < -0.39 is 0 Å². The highest BCUT2D eigenvalue weighted by atomic mass is 16.3. The Morgan fingerprint density at radius 2 is 1.77 bits per heavy atom. The highest BCUT2D eigenvalue weighted by Gasteiger charge is 2.57. The van der Waals surface area contributed by atoms with Crippen molar-refractivity contribution in [2.24, 2.45) is 23.2 Å². The van der Waals surface area contributed by atoms with Gasteiger partial charge in [0.25, 0.3) is 0 Å². The minimum atomic E-state index is -0.339. The van der Waals surface area contributed by atoms with E-state index in [-0.39, 0.29) is 11.5 Å². The normalized spacial score (nSPS) is 57.8. The summed E-state index contributed by atoms with van der Waals surface area (Å²) >= 11 is 0. The average Bonchev–Trinajstić information content (AvgIpc) is 2.12. The van der Waals surface area contributed by atoms with E-state index in [1.807, 2.05) is 0 Å². The quantitative estimate of drug-likeness (QED) is 0.612. The monoisotopic (exact) mass is 177 g/mol. The SMILES string of the molecule is N#CC12CC3CC(CC(C3)C1O)C2. The summed E-state index contributed by atoms with van der Waals surface area (Å²) in [4.78, 5) is 0. The molecule has 3 unspecified atom stereocenters. The molecule has 13 heavy (non-hydrogen) atoms. The van der Waals surface area contributed by atoms with Crippen LogP contribution in [0.25, 0.3) is 0 Å². The van der Waals surface area contributed by atoms with Crippen molar-refractivity contribution < 1.29 is 5.11 Å². The van der Waals surface area contributed by atoms with Crippen LogP contribution in [-0.4, -0.2) is 11.2 Å². The van der Waals surface area contributed by atoms with Gasteiger partial charge in [0.15, 0.2) is 0 Å². The molecule has 0 saturated heterocycles. The largest absolute Gasteiger partial charge is 0.391 e. The fourth-order valence-corrected chi connectivity index (χ4v) is 4.17. The van der Waals surface area contributed by atoms with Crippen LogP contribution in [0.5, 0.6) is 0 Å². The van der Waals surface area contributed by atoms with Crippen molar-refractivity contribution in [1.29, 1.82) is 5.26 Å².